The summed E-state index contributed by atoms with van der Waals surface area (Å²) < 4.78 is 5.21. The summed E-state index contributed by atoms with van der Waals surface area (Å²) in [6.07, 6.45) is 4.27. The number of amides is 1. The van der Waals surface area contributed by atoms with Crippen molar-refractivity contribution in [2.24, 2.45) is 5.73 Å². The normalized spacial score (nSPS) is 12.1. The predicted molar refractivity (Wildman–Crippen MR) is 82.9 cm³/mol. The van der Waals surface area contributed by atoms with Crippen LogP contribution in [0.25, 0.3) is 0 Å². The summed E-state index contributed by atoms with van der Waals surface area (Å²) in [4.78, 5) is 12.2. The average molecular weight is 286 g/mol. The van der Waals surface area contributed by atoms with Gasteiger partial charge in [0.1, 0.15) is 12.0 Å². The lowest BCUT2D eigenvalue weighted by Crippen LogP contribution is -2.36. The van der Waals surface area contributed by atoms with Crippen molar-refractivity contribution in [2.75, 3.05) is 0 Å². The van der Waals surface area contributed by atoms with Crippen molar-refractivity contribution in [3.8, 4) is 0 Å². The van der Waals surface area contributed by atoms with Gasteiger partial charge in [-0.15, -0.1) is 0 Å². The summed E-state index contributed by atoms with van der Waals surface area (Å²) in [6, 6.07) is 12.0. The van der Waals surface area contributed by atoms with Crippen LogP contribution in [0.4, 0.5) is 0 Å². The molecule has 2 aromatic rings. The Balaban J connectivity index is 2.00. The molecule has 0 spiro atoms. The summed E-state index contributed by atoms with van der Waals surface area (Å²) in [5, 5.41) is 3.08. The van der Waals surface area contributed by atoms with Gasteiger partial charge in [0.05, 0.1) is 12.1 Å². The maximum atomic E-state index is 12.2. The van der Waals surface area contributed by atoms with E-state index < -0.39 is 0 Å². The molecule has 0 fully saturated rings. The van der Waals surface area contributed by atoms with Gasteiger partial charge in [-0.3, -0.25) is 4.79 Å². The molecule has 0 radical (unpaired) electrons. The fraction of sp³-hybridized carbons (Fsp3) is 0.353. The maximum Gasteiger partial charge on any atom is 0.254 e. The van der Waals surface area contributed by atoms with Gasteiger partial charge in [0.25, 0.3) is 5.91 Å². The second-order valence-corrected chi connectivity index (χ2v) is 5.15. The highest BCUT2D eigenvalue weighted by Gasteiger charge is 2.15. The molecule has 2 rings (SSSR count). The topological polar surface area (TPSA) is 68.3 Å². The van der Waals surface area contributed by atoms with Crippen LogP contribution in [0, 0.1) is 0 Å². The van der Waals surface area contributed by atoms with Crippen LogP contribution in [0.2, 0.25) is 0 Å². The zero-order chi connectivity index (χ0) is 15.1. The molecule has 3 N–H and O–H groups in total. The van der Waals surface area contributed by atoms with E-state index in [4.69, 9.17) is 10.2 Å². The van der Waals surface area contributed by atoms with Gasteiger partial charge in [-0.25, -0.2) is 0 Å². The Morgan fingerprint density at radius 2 is 2.10 bits per heavy atom. The van der Waals surface area contributed by atoms with Gasteiger partial charge in [-0.05, 0) is 24.5 Å². The quantitative estimate of drug-likeness (QED) is 0.822. The van der Waals surface area contributed by atoms with Crippen LogP contribution >= 0.6 is 0 Å². The number of nitrogens with one attached hydrogen (secondary N) is 1. The summed E-state index contributed by atoms with van der Waals surface area (Å²) >= 11 is 0. The lowest BCUT2D eigenvalue weighted by Gasteiger charge is -2.17. The molecule has 4 heteroatoms. The number of rotatable bonds is 7. The number of carbonyl (C=O) groups is 1. The number of hydrogen-bond donors (Lipinski definition) is 2. The third-order valence-electron chi connectivity index (χ3n) is 3.41. The van der Waals surface area contributed by atoms with Crippen LogP contribution in [-0.4, -0.2) is 11.9 Å². The number of hydrogen-bond acceptors (Lipinski definition) is 3. The predicted octanol–water partition coefficient (Wildman–Crippen LogP) is 2.88. The summed E-state index contributed by atoms with van der Waals surface area (Å²) in [7, 11) is 0. The van der Waals surface area contributed by atoms with E-state index in [1.165, 1.54) is 11.8 Å². The van der Waals surface area contributed by atoms with E-state index in [1.54, 1.807) is 6.07 Å². The van der Waals surface area contributed by atoms with Gasteiger partial charge in [0.2, 0.25) is 0 Å². The van der Waals surface area contributed by atoms with E-state index in [1.807, 2.05) is 18.2 Å². The summed E-state index contributed by atoms with van der Waals surface area (Å²) in [5.41, 5.74) is 7.25. The van der Waals surface area contributed by atoms with E-state index >= 15 is 0 Å². The van der Waals surface area contributed by atoms with Crippen LogP contribution in [0.15, 0.2) is 47.1 Å². The molecule has 112 valence electrons. The van der Waals surface area contributed by atoms with Gasteiger partial charge >= 0.3 is 0 Å². The zero-order valence-corrected chi connectivity index (χ0v) is 12.3. The van der Waals surface area contributed by atoms with Crippen molar-refractivity contribution in [3.05, 3.63) is 59.5 Å². The highest BCUT2D eigenvalue weighted by atomic mass is 16.3. The maximum absolute atomic E-state index is 12.2. The number of nitrogens with two attached hydrogens (primary N) is 1. The minimum Gasteiger partial charge on any atom is -0.467 e. The van der Waals surface area contributed by atoms with Crippen LogP contribution in [0.1, 0.15) is 41.4 Å². The van der Waals surface area contributed by atoms with Crippen molar-refractivity contribution >= 4 is 5.91 Å². The zero-order valence-electron chi connectivity index (χ0n) is 12.3. The standard InChI is InChI=1S/C17H22N2O2/c1-2-6-15(9-13-7-4-3-5-8-13)19-17(20)14-10-16(11-18)21-12-14/h3-5,7-8,10,12,15H,2,6,9,11,18H2,1H3,(H,19,20). The van der Waals surface area contributed by atoms with E-state index in [0.717, 1.165) is 19.3 Å². The lowest BCUT2D eigenvalue weighted by molar-refractivity contribution is 0.0934. The molecule has 1 aromatic heterocycles. The van der Waals surface area contributed by atoms with E-state index in [-0.39, 0.29) is 11.9 Å². The second kappa shape index (κ2) is 7.64. The van der Waals surface area contributed by atoms with Crippen molar-refractivity contribution in [1.29, 1.82) is 0 Å². The first kappa shape index (κ1) is 15.3. The van der Waals surface area contributed by atoms with Gasteiger partial charge < -0.3 is 15.5 Å². The SMILES string of the molecule is CCCC(Cc1ccccc1)NC(=O)c1coc(CN)c1. The molecule has 0 saturated carbocycles. The van der Waals surface area contributed by atoms with E-state index in [0.29, 0.717) is 17.9 Å². The lowest BCUT2D eigenvalue weighted by atomic mass is 10.0. The highest BCUT2D eigenvalue weighted by Crippen LogP contribution is 2.11. The Labute approximate surface area is 125 Å². The minimum atomic E-state index is -0.104. The first-order valence-corrected chi connectivity index (χ1v) is 7.35. The molecular weight excluding hydrogens is 264 g/mol. The number of carbonyl (C=O) groups excluding carboxylic acids is 1. The van der Waals surface area contributed by atoms with Crippen molar-refractivity contribution in [3.63, 3.8) is 0 Å². The molecule has 1 amide bonds. The molecule has 0 aliphatic heterocycles. The molecule has 0 saturated heterocycles. The monoisotopic (exact) mass is 286 g/mol. The van der Waals surface area contributed by atoms with Gasteiger partial charge in [0, 0.05) is 6.04 Å². The summed E-state index contributed by atoms with van der Waals surface area (Å²) in [5.74, 6) is 0.517. The molecule has 1 heterocycles. The van der Waals surface area contributed by atoms with Crippen LogP contribution < -0.4 is 11.1 Å². The first-order valence-electron chi connectivity index (χ1n) is 7.35. The molecule has 1 atom stereocenters. The van der Waals surface area contributed by atoms with Crippen molar-refractivity contribution in [1.82, 2.24) is 5.32 Å². The van der Waals surface area contributed by atoms with Crippen molar-refractivity contribution in [2.45, 2.75) is 38.8 Å². The average Bonchev–Trinajstić information content (AvgIpc) is 2.97. The smallest absolute Gasteiger partial charge is 0.254 e. The Kier molecular flexibility index (Phi) is 5.58. The minimum absolute atomic E-state index is 0.104. The highest BCUT2D eigenvalue weighted by molar-refractivity contribution is 5.94. The molecule has 21 heavy (non-hydrogen) atoms. The Bertz CT molecular complexity index is 563. The van der Waals surface area contributed by atoms with Gasteiger partial charge in [-0.1, -0.05) is 43.7 Å². The van der Waals surface area contributed by atoms with E-state index in [9.17, 15) is 4.79 Å². The molecule has 0 aliphatic carbocycles. The number of furan rings is 1. The molecule has 0 bridgehead atoms. The Hall–Kier alpha value is -2.07. The molecule has 4 nitrogen and oxygen atoms in total. The molecule has 1 aromatic carbocycles. The van der Waals surface area contributed by atoms with Gasteiger partial charge in [0.15, 0.2) is 0 Å². The second-order valence-electron chi connectivity index (χ2n) is 5.15. The summed E-state index contributed by atoms with van der Waals surface area (Å²) in [6.45, 7) is 2.42. The molecular formula is C17H22N2O2. The molecule has 1 unspecified atom stereocenters. The number of benzene rings is 1. The van der Waals surface area contributed by atoms with Crippen LogP contribution in [0.5, 0.6) is 0 Å². The molecule has 0 aliphatic rings. The van der Waals surface area contributed by atoms with Crippen molar-refractivity contribution < 1.29 is 9.21 Å². The van der Waals surface area contributed by atoms with Gasteiger partial charge in [-0.2, -0.15) is 0 Å². The van der Waals surface area contributed by atoms with Crippen LogP contribution in [0.3, 0.4) is 0 Å². The Morgan fingerprint density at radius 1 is 1.33 bits per heavy atom. The van der Waals surface area contributed by atoms with E-state index in [2.05, 4.69) is 24.4 Å². The first-order chi connectivity index (χ1) is 10.2. The largest absolute Gasteiger partial charge is 0.467 e. The fourth-order valence-electron chi connectivity index (χ4n) is 2.35. The Morgan fingerprint density at radius 3 is 2.71 bits per heavy atom. The third kappa shape index (κ3) is 4.46. The fourth-order valence-corrected chi connectivity index (χ4v) is 2.35. The third-order valence-corrected chi connectivity index (χ3v) is 3.41. The van der Waals surface area contributed by atoms with Crippen LogP contribution in [-0.2, 0) is 13.0 Å².